The Bertz CT molecular complexity index is 457. The third-order valence-electron chi connectivity index (χ3n) is 5.73. The molecule has 3 rings (SSSR count). The summed E-state index contributed by atoms with van der Waals surface area (Å²) < 4.78 is 0. The highest BCUT2D eigenvalue weighted by Gasteiger charge is 2.35. The average molecular weight is 286 g/mol. The van der Waals surface area contributed by atoms with E-state index in [-0.39, 0.29) is 0 Å². The van der Waals surface area contributed by atoms with E-state index in [1.54, 1.807) is 0 Å². The summed E-state index contributed by atoms with van der Waals surface area (Å²) >= 11 is 0. The van der Waals surface area contributed by atoms with Crippen LogP contribution in [0.1, 0.15) is 69.0 Å². The largest absolute Gasteiger partial charge is 0.310 e. The van der Waals surface area contributed by atoms with Crippen LogP contribution in [0.15, 0.2) is 18.5 Å². The third-order valence-corrected chi connectivity index (χ3v) is 5.73. The Balaban J connectivity index is 1.74. The van der Waals surface area contributed by atoms with Crippen LogP contribution in [0, 0.1) is 24.7 Å². The molecule has 0 radical (unpaired) electrons. The van der Waals surface area contributed by atoms with E-state index in [2.05, 4.69) is 36.4 Å². The van der Waals surface area contributed by atoms with Crippen molar-refractivity contribution in [1.29, 1.82) is 0 Å². The molecule has 1 aromatic heterocycles. The molecule has 2 fully saturated rings. The Hall–Kier alpha value is -0.890. The van der Waals surface area contributed by atoms with Crippen molar-refractivity contribution in [3.8, 4) is 0 Å². The summed E-state index contributed by atoms with van der Waals surface area (Å²) in [6.45, 7) is 5.42. The molecule has 1 heterocycles. The smallest absolute Gasteiger partial charge is 0.0364 e. The summed E-state index contributed by atoms with van der Waals surface area (Å²) in [5.74, 6) is 2.83. The molecule has 4 unspecified atom stereocenters. The number of nitrogens with zero attached hydrogens (tertiary/aromatic N) is 1. The van der Waals surface area contributed by atoms with Gasteiger partial charge in [0.15, 0.2) is 0 Å². The zero-order valence-electron chi connectivity index (χ0n) is 13.6. The second kappa shape index (κ2) is 6.91. The summed E-state index contributed by atoms with van der Waals surface area (Å²) in [7, 11) is 0. The molecular formula is C19H30N2. The molecule has 0 aliphatic heterocycles. The quantitative estimate of drug-likeness (QED) is 0.871. The van der Waals surface area contributed by atoms with Crippen molar-refractivity contribution in [2.24, 2.45) is 17.8 Å². The van der Waals surface area contributed by atoms with E-state index >= 15 is 0 Å². The van der Waals surface area contributed by atoms with E-state index in [0.717, 1.165) is 24.3 Å². The van der Waals surface area contributed by atoms with Gasteiger partial charge in [0.2, 0.25) is 0 Å². The highest BCUT2D eigenvalue weighted by Crippen LogP contribution is 2.46. The van der Waals surface area contributed by atoms with Crippen molar-refractivity contribution in [3.05, 3.63) is 29.6 Å². The van der Waals surface area contributed by atoms with Gasteiger partial charge in [0.25, 0.3) is 0 Å². The zero-order chi connectivity index (χ0) is 14.7. The maximum absolute atomic E-state index is 4.42. The van der Waals surface area contributed by atoms with Crippen LogP contribution < -0.4 is 5.32 Å². The number of hydrogen-bond acceptors (Lipinski definition) is 2. The van der Waals surface area contributed by atoms with Crippen LogP contribution in [-0.4, -0.2) is 11.5 Å². The van der Waals surface area contributed by atoms with E-state index in [1.165, 1.54) is 56.1 Å². The van der Waals surface area contributed by atoms with E-state index < -0.39 is 0 Å². The topological polar surface area (TPSA) is 24.9 Å². The molecule has 0 spiro atoms. The number of fused-ring (bicyclic) bond motifs is 1. The predicted octanol–water partition coefficient (Wildman–Crippen LogP) is 4.65. The summed E-state index contributed by atoms with van der Waals surface area (Å²) in [5, 5.41) is 3.75. The van der Waals surface area contributed by atoms with Crippen LogP contribution >= 0.6 is 0 Å². The number of hydrogen-bond donors (Lipinski definition) is 1. The van der Waals surface area contributed by atoms with Crippen molar-refractivity contribution in [1.82, 2.24) is 10.3 Å². The number of aryl methyl sites for hydroxylation is 1. The fraction of sp³-hybridized carbons (Fsp3) is 0.737. The summed E-state index contributed by atoms with van der Waals surface area (Å²) in [4.78, 5) is 4.42. The molecule has 1 N–H and O–H groups in total. The Labute approximate surface area is 129 Å². The molecule has 21 heavy (non-hydrogen) atoms. The van der Waals surface area contributed by atoms with Gasteiger partial charge in [-0.15, -0.1) is 0 Å². The molecule has 2 heteroatoms. The van der Waals surface area contributed by atoms with E-state index in [9.17, 15) is 0 Å². The second-order valence-electron chi connectivity index (χ2n) is 7.21. The van der Waals surface area contributed by atoms with Crippen LogP contribution in [0.4, 0.5) is 0 Å². The first-order valence-electron chi connectivity index (χ1n) is 8.93. The van der Waals surface area contributed by atoms with Crippen LogP contribution in [0.2, 0.25) is 0 Å². The SMILES string of the molecule is CCNC(c1cncc(C)c1)C1CCC2CCCCC2C1. The van der Waals surface area contributed by atoms with Crippen LogP contribution in [0.5, 0.6) is 0 Å². The molecule has 1 aromatic rings. The fourth-order valence-electron chi connectivity index (χ4n) is 4.74. The lowest BCUT2D eigenvalue weighted by Crippen LogP contribution is -2.35. The standard InChI is InChI=1S/C19H30N2/c1-3-21-19(18-10-14(2)12-20-13-18)17-9-8-15-6-4-5-7-16(15)11-17/h10,12-13,15-17,19,21H,3-9,11H2,1-2H3. The van der Waals surface area contributed by atoms with Gasteiger partial charge in [-0.3, -0.25) is 4.98 Å². The van der Waals surface area contributed by atoms with Crippen LogP contribution in [0.3, 0.4) is 0 Å². The molecule has 4 atom stereocenters. The Morgan fingerprint density at radius 2 is 1.95 bits per heavy atom. The summed E-state index contributed by atoms with van der Waals surface area (Å²) in [6, 6.07) is 2.83. The lowest BCUT2D eigenvalue weighted by atomic mass is 9.65. The average Bonchev–Trinajstić information content (AvgIpc) is 2.52. The Kier molecular flexibility index (Phi) is 4.95. The molecule has 2 aliphatic rings. The van der Waals surface area contributed by atoms with Crippen molar-refractivity contribution < 1.29 is 0 Å². The molecule has 2 aliphatic carbocycles. The zero-order valence-corrected chi connectivity index (χ0v) is 13.6. The van der Waals surface area contributed by atoms with Crippen molar-refractivity contribution in [3.63, 3.8) is 0 Å². The highest BCUT2D eigenvalue weighted by atomic mass is 14.9. The number of pyridine rings is 1. The lowest BCUT2D eigenvalue weighted by molar-refractivity contribution is 0.109. The first kappa shape index (κ1) is 15.0. The maximum atomic E-state index is 4.42. The predicted molar refractivity (Wildman–Crippen MR) is 88.2 cm³/mol. The van der Waals surface area contributed by atoms with Gasteiger partial charge in [-0.25, -0.2) is 0 Å². The first-order chi connectivity index (χ1) is 10.3. The van der Waals surface area contributed by atoms with Crippen molar-refractivity contribution >= 4 is 0 Å². The van der Waals surface area contributed by atoms with Crippen LogP contribution in [0.25, 0.3) is 0 Å². The molecule has 2 saturated carbocycles. The molecule has 0 saturated heterocycles. The Morgan fingerprint density at radius 1 is 1.14 bits per heavy atom. The minimum Gasteiger partial charge on any atom is -0.310 e. The van der Waals surface area contributed by atoms with Gasteiger partial charge >= 0.3 is 0 Å². The number of aromatic nitrogens is 1. The normalized spacial score (nSPS) is 30.7. The molecule has 0 amide bonds. The minimum atomic E-state index is 0.505. The van der Waals surface area contributed by atoms with Crippen LogP contribution in [-0.2, 0) is 0 Å². The van der Waals surface area contributed by atoms with Gasteiger partial charge < -0.3 is 5.32 Å². The fourth-order valence-corrected chi connectivity index (χ4v) is 4.74. The lowest BCUT2D eigenvalue weighted by Gasteiger charge is -2.42. The van der Waals surface area contributed by atoms with E-state index in [4.69, 9.17) is 0 Å². The van der Waals surface area contributed by atoms with E-state index in [0.29, 0.717) is 6.04 Å². The number of nitrogens with one attached hydrogen (secondary N) is 1. The first-order valence-corrected chi connectivity index (χ1v) is 8.93. The Morgan fingerprint density at radius 3 is 2.71 bits per heavy atom. The minimum absolute atomic E-state index is 0.505. The van der Waals surface area contributed by atoms with Crippen molar-refractivity contribution in [2.75, 3.05) is 6.54 Å². The monoisotopic (exact) mass is 286 g/mol. The molecule has 0 aromatic carbocycles. The summed E-state index contributed by atoms with van der Waals surface area (Å²) in [6.07, 6.45) is 14.2. The van der Waals surface area contributed by atoms with Gasteiger partial charge in [0, 0.05) is 18.4 Å². The highest BCUT2D eigenvalue weighted by molar-refractivity contribution is 5.21. The summed E-state index contributed by atoms with van der Waals surface area (Å²) in [5.41, 5.74) is 2.68. The molecule has 116 valence electrons. The van der Waals surface area contributed by atoms with Gasteiger partial charge in [0.05, 0.1) is 0 Å². The number of rotatable bonds is 4. The van der Waals surface area contributed by atoms with Gasteiger partial charge in [0.1, 0.15) is 0 Å². The van der Waals surface area contributed by atoms with Crippen molar-refractivity contribution in [2.45, 2.75) is 64.8 Å². The van der Waals surface area contributed by atoms with E-state index in [1.807, 2.05) is 6.20 Å². The van der Waals surface area contributed by atoms with Gasteiger partial charge in [-0.05, 0) is 61.6 Å². The maximum Gasteiger partial charge on any atom is 0.0364 e. The second-order valence-corrected chi connectivity index (χ2v) is 7.21. The third kappa shape index (κ3) is 3.48. The molecule has 2 nitrogen and oxygen atoms in total. The van der Waals surface area contributed by atoms with Gasteiger partial charge in [-0.2, -0.15) is 0 Å². The molecular weight excluding hydrogens is 256 g/mol. The van der Waals surface area contributed by atoms with Gasteiger partial charge in [-0.1, -0.05) is 38.7 Å². The molecule has 0 bridgehead atoms.